The number of hydrogen-bond acceptors (Lipinski definition) is 9. The molecule has 0 spiro atoms. The lowest BCUT2D eigenvalue weighted by atomic mass is 10.1. The maximum atomic E-state index is 12.0. The third-order valence-corrected chi connectivity index (χ3v) is 4.66. The van der Waals surface area contributed by atoms with Gasteiger partial charge in [0, 0.05) is 31.7 Å². The quantitative estimate of drug-likeness (QED) is 0.614. The number of carbonyl (C=O) groups is 3. The molecule has 0 saturated carbocycles. The van der Waals surface area contributed by atoms with Gasteiger partial charge in [-0.1, -0.05) is 11.2 Å². The molecule has 2 aromatic heterocycles. The van der Waals surface area contributed by atoms with Crippen LogP contribution in [0.25, 0.3) is 11.5 Å². The highest BCUT2D eigenvalue weighted by Crippen LogP contribution is 2.13. The second-order valence-electron chi connectivity index (χ2n) is 6.92. The van der Waals surface area contributed by atoms with E-state index >= 15 is 0 Å². The Morgan fingerprint density at radius 1 is 1.23 bits per heavy atom. The van der Waals surface area contributed by atoms with Gasteiger partial charge in [-0.2, -0.15) is 4.98 Å². The summed E-state index contributed by atoms with van der Waals surface area (Å²) < 4.78 is 15.1. The molecule has 0 unspecified atom stereocenters. The number of rotatable bonds is 8. The summed E-state index contributed by atoms with van der Waals surface area (Å²) in [6.45, 7) is 2.74. The van der Waals surface area contributed by atoms with Crippen molar-refractivity contribution in [1.29, 1.82) is 0 Å². The Bertz CT molecular complexity index is 879. The van der Waals surface area contributed by atoms with E-state index in [1.165, 1.54) is 0 Å². The van der Waals surface area contributed by atoms with Crippen molar-refractivity contribution in [2.75, 3.05) is 26.3 Å². The number of hydrogen-bond donors (Lipinski definition) is 1. The number of pyridine rings is 1. The number of amides is 2. The molecule has 1 N–H and O–H groups in total. The van der Waals surface area contributed by atoms with Gasteiger partial charge in [0.15, 0.2) is 6.61 Å². The molecule has 1 aliphatic heterocycles. The molecule has 0 radical (unpaired) electrons. The van der Waals surface area contributed by atoms with Crippen molar-refractivity contribution in [2.45, 2.75) is 38.6 Å². The van der Waals surface area contributed by atoms with Crippen LogP contribution >= 0.6 is 0 Å². The average Bonchev–Trinajstić information content (AvgIpc) is 3.27. The lowest BCUT2D eigenvalue weighted by Gasteiger charge is -2.31. The van der Waals surface area contributed by atoms with Crippen LogP contribution in [-0.2, 0) is 25.5 Å². The standard InChI is InChI=1S/C20H25N5O6/c1-2-29-20(28)25-11-8-14(9-12-25)22-16(26)13-30-18(27)7-6-17-23-19(24-31-17)15-5-3-4-10-21-15/h3-5,10,14H,2,6-9,11-13H2,1H3,(H,22,26). The zero-order chi connectivity index (χ0) is 22.1. The van der Waals surface area contributed by atoms with Gasteiger partial charge in [0.05, 0.1) is 13.0 Å². The van der Waals surface area contributed by atoms with Gasteiger partial charge in [-0.25, -0.2) is 4.79 Å². The molecule has 2 amide bonds. The highest BCUT2D eigenvalue weighted by atomic mass is 16.6. The summed E-state index contributed by atoms with van der Waals surface area (Å²) >= 11 is 0. The molecule has 0 atom stereocenters. The predicted molar refractivity (Wildman–Crippen MR) is 107 cm³/mol. The second-order valence-corrected chi connectivity index (χ2v) is 6.92. The molecule has 2 aromatic rings. The van der Waals surface area contributed by atoms with Gasteiger partial charge in [0.2, 0.25) is 11.7 Å². The van der Waals surface area contributed by atoms with Crippen LogP contribution in [-0.4, -0.2) is 70.3 Å². The number of ether oxygens (including phenoxy) is 2. The van der Waals surface area contributed by atoms with Gasteiger partial charge in [0.25, 0.3) is 5.91 Å². The van der Waals surface area contributed by atoms with E-state index in [2.05, 4.69) is 20.4 Å². The molecular weight excluding hydrogens is 406 g/mol. The molecule has 3 rings (SSSR count). The van der Waals surface area contributed by atoms with Crippen LogP contribution in [0, 0.1) is 0 Å². The number of aromatic nitrogens is 3. The molecule has 3 heterocycles. The van der Waals surface area contributed by atoms with Crippen LogP contribution < -0.4 is 5.32 Å². The van der Waals surface area contributed by atoms with Gasteiger partial charge in [-0.05, 0) is 31.9 Å². The van der Waals surface area contributed by atoms with Crippen LogP contribution in [0.2, 0.25) is 0 Å². The Labute approximate surface area is 179 Å². The lowest BCUT2D eigenvalue weighted by Crippen LogP contribution is -2.47. The summed E-state index contributed by atoms with van der Waals surface area (Å²) in [5, 5.41) is 6.65. The van der Waals surface area contributed by atoms with Gasteiger partial charge >= 0.3 is 12.1 Å². The van der Waals surface area contributed by atoms with E-state index in [-0.39, 0.29) is 43.4 Å². The van der Waals surface area contributed by atoms with Crippen molar-refractivity contribution in [1.82, 2.24) is 25.3 Å². The number of carbonyl (C=O) groups excluding carboxylic acids is 3. The Kier molecular flexibility index (Phi) is 7.91. The fourth-order valence-electron chi connectivity index (χ4n) is 3.07. The van der Waals surface area contributed by atoms with Gasteiger partial charge in [-0.15, -0.1) is 0 Å². The summed E-state index contributed by atoms with van der Waals surface area (Å²) in [4.78, 5) is 45.5. The number of nitrogens with one attached hydrogen (secondary N) is 1. The first kappa shape index (κ1) is 22.2. The zero-order valence-corrected chi connectivity index (χ0v) is 17.3. The molecule has 11 heteroatoms. The number of esters is 1. The van der Waals surface area contributed by atoms with Gasteiger partial charge < -0.3 is 24.2 Å². The van der Waals surface area contributed by atoms with Crippen molar-refractivity contribution in [3.05, 3.63) is 30.3 Å². The fourth-order valence-corrected chi connectivity index (χ4v) is 3.07. The van der Waals surface area contributed by atoms with Crippen molar-refractivity contribution < 1.29 is 28.4 Å². The third kappa shape index (κ3) is 6.76. The lowest BCUT2D eigenvalue weighted by molar-refractivity contribution is -0.148. The second kappa shape index (κ2) is 11.0. The molecule has 11 nitrogen and oxygen atoms in total. The number of likely N-dealkylation sites (tertiary alicyclic amines) is 1. The highest BCUT2D eigenvalue weighted by Gasteiger charge is 2.24. The molecule has 0 bridgehead atoms. The largest absolute Gasteiger partial charge is 0.456 e. The van der Waals surface area contributed by atoms with Gasteiger partial charge in [0.1, 0.15) is 5.69 Å². The average molecular weight is 431 g/mol. The summed E-state index contributed by atoms with van der Waals surface area (Å²) in [7, 11) is 0. The molecule has 1 fully saturated rings. The van der Waals surface area contributed by atoms with Crippen molar-refractivity contribution in [3.63, 3.8) is 0 Å². The Morgan fingerprint density at radius 2 is 2.03 bits per heavy atom. The molecule has 1 aliphatic rings. The Morgan fingerprint density at radius 3 is 2.74 bits per heavy atom. The Hall–Kier alpha value is -3.50. The first-order chi connectivity index (χ1) is 15.0. The van der Waals surface area contributed by atoms with E-state index in [4.69, 9.17) is 14.0 Å². The molecule has 31 heavy (non-hydrogen) atoms. The molecule has 166 valence electrons. The summed E-state index contributed by atoms with van der Waals surface area (Å²) in [5.74, 6) is -0.282. The predicted octanol–water partition coefficient (Wildman–Crippen LogP) is 1.34. The smallest absolute Gasteiger partial charge is 0.409 e. The third-order valence-electron chi connectivity index (χ3n) is 4.66. The molecule has 0 aromatic carbocycles. The molecule has 0 aliphatic carbocycles. The topological polar surface area (TPSA) is 137 Å². The van der Waals surface area contributed by atoms with E-state index in [9.17, 15) is 14.4 Å². The monoisotopic (exact) mass is 431 g/mol. The summed E-state index contributed by atoms with van der Waals surface area (Å²) in [6.07, 6.45) is 2.73. The normalized spacial score (nSPS) is 14.2. The van der Waals surface area contributed by atoms with Gasteiger partial charge in [-0.3, -0.25) is 14.6 Å². The van der Waals surface area contributed by atoms with E-state index in [0.717, 1.165) is 0 Å². The van der Waals surface area contributed by atoms with E-state index in [1.54, 1.807) is 30.2 Å². The van der Waals surface area contributed by atoms with E-state index in [0.29, 0.717) is 44.1 Å². The van der Waals surface area contributed by atoms with E-state index in [1.807, 2.05) is 6.07 Å². The number of nitrogens with zero attached hydrogens (tertiary/aromatic N) is 4. The highest BCUT2D eigenvalue weighted by molar-refractivity contribution is 5.80. The minimum absolute atomic E-state index is 0.00899. The maximum Gasteiger partial charge on any atom is 0.409 e. The number of piperidine rings is 1. The van der Waals surface area contributed by atoms with Crippen LogP contribution in [0.15, 0.2) is 28.9 Å². The van der Waals surface area contributed by atoms with Crippen LogP contribution in [0.4, 0.5) is 4.79 Å². The first-order valence-electron chi connectivity index (χ1n) is 10.2. The fraction of sp³-hybridized carbons (Fsp3) is 0.500. The summed E-state index contributed by atoms with van der Waals surface area (Å²) in [6, 6.07) is 5.27. The number of aryl methyl sites for hydroxylation is 1. The van der Waals surface area contributed by atoms with Crippen molar-refractivity contribution in [3.8, 4) is 11.5 Å². The molecule has 1 saturated heterocycles. The SMILES string of the molecule is CCOC(=O)N1CCC(NC(=O)COC(=O)CCc2nc(-c3ccccn3)no2)CC1. The van der Waals surface area contributed by atoms with Crippen LogP contribution in [0.3, 0.4) is 0 Å². The van der Waals surface area contributed by atoms with Crippen molar-refractivity contribution in [2.24, 2.45) is 0 Å². The summed E-state index contributed by atoms with van der Waals surface area (Å²) in [5.41, 5.74) is 0.574. The molecular formula is C20H25N5O6. The Balaban J connectivity index is 1.32. The minimum atomic E-state index is -0.537. The first-order valence-corrected chi connectivity index (χ1v) is 10.2. The van der Waals surface area contributed by atoms with E-state index < -0.39 is 5.97 Å². The zero-order valence-electron chi connectivity index (χ0n) is 17.3. The minimum Gasteiger partial charge on any atom is -0.456 e. The maximum absolute atomic E-state index is 12.0. The van der Waals surface area contributed by atoms with Crippen LogP contribution in [0.5, 0.6) is 0 Å². The van der Waals surface area contributed by atoms with Crippen molar-refractivity contribution >= 4 is 18.0 Å². The van der Waals surface area contributed by atoms with Crippen LogP contribution in [0.1, 0.15) is 32.1 Å².